The summed E-state index contributed by atoms with van der Waals surface area (Å²) in [4.78, 5) is 8.36. The Balaban J connectivity index is 1.53. The lowest BCUT2D eigenvalue weighted by Gasteiger charge is -2.08. The highest BCUT2D eigenvalue weighted by Gasteiger charge is 2.43. The van der Waals surface area contributed by atoms with Crippen molar-refractivity contribution in [2.45, 2.75) is 24.1 Å². The van der Waals surface area contributed by atoms with Gasteiger partial charge in [0.25, 0.3) is 0 Å². The monoisotopic (exact) mass is 408 g/mol. The van der Waals surface area contributed by atoms with E-state index in [1.807, 2.05) is 0 Å². The molecule has 9 heteroatoms. The van der Waals surface area contributed by atoms with E-state index in [0.29, 0.717) is 21.8 Å². The van der Waals surface area contributed by atoms with Crippen LogP contribution in [-0.2, 0) is 5.75 Å². The second kappa shape index (κ2) is 6.97. The average Bonchev–Trinajstić information content (AvgIpc) is 2.94. The Morgan fingerprint density at radius 2 is 1.61 bits per heavy atom. The molecule has 2 aromatic carbocycles. The van der Waals surface area contributed by atoms with Crippen molar-refractivity contribution in [2.24, 2.45) is 0 Å². The van der Waals surface area contributed by atoms with Crippen LogP contribution in [0, 0.1) is 18.6 Å². The molecule has 0 saturated carbocycles. The van der Waals surface area contributed by atoms with Gasteiger partial charge >= 0.3 is 6.29 Å². The van der Waals surface area contributed by atoms with E-state index < -0.39 is 17.9 Å². The third-order valence-corrected chi connectivity index (χ3v) is 5.00. The number of ether oxygens (including phenoxy) is 2. The van der Waals surface area contributed by atoms with Gasteiger partial charge in [-0.25, -0.2) is 18.7 Å². The van der Waals surface area contributed by atoms with Crippen molar-refractivity contribution < 1.29 is 27.0 Å². The van der Waals surface area contributed by atoms with E-state index in [9.17, 15) is 17.6 Å². The molecule has 28 heavy (non-hydrogen) atoms. The van der Waals surface area contributed by atoms with Gasteiger partial charge in [0.1, 0.15) is 11.6 Å². The molecule has 4 rings (SSSR count). The lowest BCUT2D eigenvalue weighted by molar-refractivity contribution is -0.286. The molecule has 144 valence electrons. The van der Waals surface area contributed by atoms with Crippen molar-refractivity contribution in [1.82, 2.24) is 9.97 Å². The number of rotatable bonds is 4. The first-order valence-electron chi connectivity index (χ1n) is 8.11. The molecule has 0 saturated heterocycles. The van der Waals surface area contributed by atoms with Crippen LogP contribution in [0.15, 0.2) is 47.9 Å². The van der Waals surface area contributed by atoms with E-state index in [0.717, 1.165) is 11.8 Å². The molecule has 0 spiro atoms. The predicted molar refractivity (Wildman–Crippen MR) is 94.3 cm³/mol. The molecule has 2 heterocycles. The number of thioether (sulfide) groups is 1. The third kappa shape index (κ3) is 3.62. The van der Waals surface area contributed by atoms with Gasteiger partial charge in [0.2, 0.25) is 0 Å². The Morgan fingerprint density at radius 3 is 2.25 bits per heavy atom. The van der Waals surface area contributed by atoms with Crippen LogP contribution in [0.3, 0.4) is 0 Å². The van der Waals surface area contributed by atoms with Gasteiger partial charge in [-0.15, -0.1) is 8.78 Å². The highest BCUT2D eigenvalue weighted by molar-refractivity contribution is 7.98. The minimum absolute atomic E-state index is 0.0359. The van der Waals surface area contributed by atoms with Crippen molar-refractivity contribution in [2.75, 3.05) is 0 Å². The Bertz CT molecular complexity index is 1020. The molecule has 0 radical (unpaired) electrons. The highest BCUT2D eigenvalue weighted by Crippen LogP contribution is 2.44. The van der Waals surface area contributed by atoms with Crippen LogP contribution in [0.25, 0.3) is 11.1 Å². The fourth-order valence-electron chi connectivity index (χ4n) is 2.75. The maximum atomic E-state index is 13.7. The molecule has 0 N–H and O–H groups in total. The van der Waals surface area contributed by atoms with Gasteiger partial charge in [-0.1, -0.05) is 17.8 Å². The van der Waals surface area contributed by atoms with Crippen LogP contribution >= 0.6 is 11.8 Å². The van der Waals surface area contributed by atoms with Crippen LogP contribution in [0.4, 0.5) is 17.6 Å². The van der Waals surface area contributed by atoms with Crippen molar-refractivity contribution in [3.63, 3.8) is 0 Å². The maximum Gasteiger partial charge on any atom is 0.586 e. The summed E-state index contributed by atoms with van der Waals surface area (Å²) in [5.41, 5.74) is 1.82. The van der Waals surface area contributed by atoms with Crippen molar-refractivity contribution >= 4 is 11.8 Å². The Hall–Kier alpha value is -2.81. The summed E-state index contributed by atoms with van der Waals surface area (Å²) in [6, 6.07) is 6.57. The second-order valence-corrected chi connectivity index (χ2v) is 6.97. The number of hydrogen-bond donors (Lipinski definition) is 0. The van der Waals surface area contributed by atoms with Gasteiger partial charge in [0, 0.05) is 29.3 Å². The van der Waals surface area contributed by atoms with Gasteiger partial charge in [0.15, 0.2) is 16.7 Å². The highest BCUT2D eigenvalue weighted by atomic mass is 32.2. The topological polar surface area (TPSA) is 44.2 Å². The molecule has 4 nitrogen and oxygen atoms in total. The number of halogens is 4. The first-order chi connectivity index (χ1) is 13.3. The molecule has 0 bridgehead atoms. The fourth-order valence-corrected chi connectivity index (χ4v) is 3.55. The molecule has 0 atom stereocenters. The number of aromatic nitrogens is 2. The van der Waals surface area contributed by atoms with Gasteiger partial charge in [-0.2, -0.15) is 0 Å². The van der Waals surface area contributed by atoms with Crippen molar-refractivity contribution in [3.05, 3.63) is 65.5 Å². The van der Waals surface area contributed by atoms with Crippen LogP contribution in [0.5, 0.6) is 11.5 Å². The largest absolute Gasteiger partial charge is 0.586 e. The van der Waals surface area contributed by atoms with Gasteiger partial charge < -0.3 is 9.47 Å². The van der Waals surface area contributed by atoms with Crippen LogP contribution in [-0.4, -0.2) is 16.3 Å². The summed E-state index contributed by atoms with van der Waals surface area (Å²) in [5.74, 6) is -1.32. The zero-order chi connectivity index (χ0) is 19.9. The Morgan fingerprint density at radius 1 is 1.00 bits per heavy atom. The Labute approximate surface area is 161 Å². The first kappa shape index (κ1) is 18.5. The zero-order valence-corrected chi connectivity index (χ0v) is 15.2. The number of fused-ring (bicyclic) bond motifs is 1. The minimum Gasteiger partial charge on any atom is -0.395 e. The predicted octanol–water partition coefficient (Wildman–Crippen LogP) is 5.34. The minimum atomic E-state index is -3.69. The summed E-state index contributed by atoms with van der Waals surface area (Å²) in [6.07, 6.45) is -0.669. The standard InChI is InChI=1S/C19H12F4N2O2S/c1-10-5-16-17(27-19(22,23)26-16)6-12(10)11-7-24-18(25-8-11)28-9-13-14(20)3-2-4-15(13)21/h2-8H,9H2,1H3. The average molecular weight is 408 g/mol. The quantitative estimate of drug-likeness (QED) is 0.331. The molecule has 1 aromatic heterocycles. The van der Waals surface area contributed by atoms with E-state index in [1.165, 1.54) is 42.7 Å². The number of hydrogen-bond acceptors (Lipinski definition) is 5. The third-order valence-electron chi connectivity index (χ3n) is 4.09. The van der Waals surface area contributed by atoms with Gasteiger partial charge in [0.05, 0.1) is 0 Å². The van der Waals surface area contributed by atoms with E-state index in [1.54, 1.807) is 6.92 Å². The van der Waals surface area contributed by atoms with E-state index in [4.69, 9.17) is 0 Å². The zero-order valence-electron chi connectivity index (χ0n) is 14.4. The SMILES string of the molecule is Cc1cc2c(cc1-c1cnc(SCc3c(F)cccc3F)nc1)OC(F)(F)O2. The molecule has 1 aliphatic heterocycles. The van der Waals surface area contributed by atoms with Crippen molar-refractivity contribution in [3.8, 4) is 22.6 Å². The normalized spacial score (nSPS) is 14.3. The molecular weight excluding hydrogens is 396 g/mol. The van der Waals surface area contributed by atoms with Crippen molar-refractivity contribution in [1.29, 1.82) is 0 Å². The fraction of sp³-hybridized carbons (Fsp3) is 0.158. The van der Waals surface area contributed by atoms with Crippen LogP contribution < -0.4 is 9.47 Å². The van der Waals surface area contributed by atoms with Gasteiger partial charge in [-0.05, 0) is 42.3 Å². The number of nitrogens with zero attached hydrogens (tertiary/aromatic N) is 2. The number of aryl methyl sites for hydroxylation is 1. The summed E-state index contributed by atoms with van der Waals surface area (Å²) in [5, 5.41) is 0.330. The molecule has 3 aromatic rings. The summed E-state index contributed by atoms with van der Waals surface area (Å²) >= 11 is 1.08. The van der Waals surface area contributed by atoms with Gasteiger partial charge in [-0.3, -0.25) is 0 Å². The van der Waals surface area contributed by atoms with E-state index >= 15 is 0 Å². The molecule has 0 unspecified atom stereocenters. The molecule has 0 amide bonds. The smallest absolute Gasteiger partial charge is 0.395 e. The molecule has 0 aliphatic carbocycles. The lowest BCUT2D eigenvalue weighted by atomic mass is 10.0. The first-order valence-corrected chi connectivity index (χ1v) is 9.09. The van der Waals surface area contributed by atoms with Crippen LogP contribution in [0.2, 0.25) is 0 Å². The summed E-state index contributed by atoms with van der Waals surface area (Å²) in [7, 11) is 0. The molecule has 1 aliphatic rings. The Kier molecular flexibility index (Phi) is 4.62. The number of benzene rings is 2. The maximum absolute atomic E-state index is 13.7. The molecular formula is C19H12F4N2O2S. The second-order valence-electron chi connectivity index (χ2n) is 6.02. The summed E-state index contributed by atoms with van der Waals surface area (Å²) in [6.45, 7) is 1.74. The molecule has 0 fully saturated rings. The number of alkyl halides is 2. The summed E-state index contributed by atoms with van der Waals surface area (Å²) < 4.78 is 62.7. The van der Waals surface area contributed by atoms with E-state index in [2.05, 4.69) is 19.4 Å². The van der Waals surface area contributed by atoms with E-state index in [-0.39, 0.29) is 22.8 Å². The van der Waals surface area contributed by atoms with Crippen LogP contribution in [0.1, 0.15) is 11.1 Å². The lowest BCUT2D eigenvalue weighted by Crippen LogP contribution is -2.25.